The summed E-state index contributed by atoms with van der Waals surface area (Å²) in [5, 5.41) is -1.23. The van der Waals surface area contributed by atoms with E-state index in [1.807, 2.05) is 0 Å². The molecule has 6 heteroatoms. The topological polar surface area (TPSA) is 6.48 Å². The molecule has 0 aliphatic carbocycles. The summed E-state index contributed by atoms with van der Waals surface area (Å²) >= 11 is 1.24. The molecule has 0 N–H and O–H groups in total. The maximum absolute atomic E-state index is 12.7. The van der Waals surface area contributed by atoms with Crippen LogP contribution in [0.4, 0.5) is 8.78 Å². The Morgan fingerprint density at radius 1 is 0.857 bits per heavy atom. The summed E-state index contributed by atoms with van der Waals surface area (Å²) in [6, 6.07) is 0. The molecule has 2 unspecified atom stereocenters. The van der Waals surface area contributed by atoms with E-state index < -0.39 is 10.1 Å². The van der Waals surface area contributed by atoms with Gasteiger partial charge in [-0.15, -0.1) is 0 Å². The fourth-order valence-corrected chi connectivity index (χ4v) is 2.90. The Bertz CT molecular complexity index is 143. The van der Waals surface area contributed by atoms with Crippen molar-refractivity contribution in [2.45, 2.75) is 10.1 Å². The molecule has 0 amide bonds. The monoisotopic (exact) mass is 234 g/mol. The van der Waals surface area contributed by atoms with Crippen molar-refractivity contribution in [3.8, 4) is 0 Å². The highest BCUT2D eigenvalue weighted by Gasteiger charge is 2.18. The largest absolute Gasteiger partial charge is 0.299 e. The smallest absolute Gasteiger partial charge is 0.269 e. The number of nitrogens with zero attached hydrogens (tertiary/aromatic N) is 2. The van der Waals surface area contributed by atoms with Gasteiger partial charge in [-0.1, -0.05) is 0 Å². The molecule has 0 saturated carbocycles. The predicted octanol–water partition coefficient (Wildman–Crippen LogP) is -1.54. The fraction of sp³-hybridized carbons (Fsp3) is 1.00. The van der Waals surface area contributed by atoms with Gasteiger partial charge in [0.15, 0.2) is 0 Å². The quantitative estimate of drug-likeness (QED) is 0.544. The number of rotatable bonds is 4. The van der Waals surface area contributed by atoms with Gasteiger partial charge < -0.3 is 0 Å². The van der Waals surface area contributed by atoms with Gasteiger partial charge in [0, 0.05) is 49.3 Å². The van der Waals surface area contributed by atoms with Gasteiger partial charge in [0.25, 0.3) is 32.6 Å². The Morgan fingerprint density at radius 3 is 1.36 bits per heavy atom. The average molecular weight is 234 g/mol. The summed E-state index contributed by atoms with van der Waals surface area (Å²) < 4.78 is 25.5. The number of alkyl halides is 2. The number of hydrogen-bond donors (Lipinski definition) is 0. The Balaban J connectivity index is 2.17. The van der Waals surface area contributed by atoms with Crippen LogP contribution in [0, 0.1) is 0 Å². The molecular weight excluding hydrogens is 216 g/mol. The van der Waals surface area contributed by atoms with Gasteiger partial charge in [0.1, 0.15) is 0 Å². The average Bonchev–Trinajstić information content (AvgIpc) is 2.06. The summed E-state index contributed by atoms with van der Waals surface area (Å²) in [6.07, 6.45) is 0. The maximum Gasteiger partial charge on any atom is 0.269 e. The fourth-order valence-electron chi connectivity index (χ4n) is 1.87. The second kappa shape index (κ2) is 6.43. The lowest BCUT2D eigenvalue weighted by atomic mass is 10.3. The molecule has 1 aliphatic rings. The zero-order valence-corrected chi connectivity index (χ0v) is 13.0. The number of halogens is 2. The van der Waals surface area contributed by atoms with Crippen molar-refractivity contribution in [2.24, 2.45) is 0 Å². The Hall–Kier alpha value is 0.845. The molecule has 0 radical (unpaired) electrons. The lowest BCUT2D eigenvalue weighted by Crippen LogP contribution is -2.49. The molecule has 0 bridgehead atoms. The van der Waals surface area contributed by atoms with Crippen molar-refractivity contribution < 1.29 is 8.78 Å². The van der Waals surface area contributed by atoms with E-state index in [-0.39, 0.29) is 0 Å². The molecule has 0 spiro atoms. The molecule has 1 heterocycles. The molecule has 0 aromatic rings. The van der Waals surface area contributed by atoms with Gasteiger partial charge in [-0.05, 0) is 0 Å². The molecule has 2 nitrogen and oxygen atoms in total. The Morgan fingerprint density at radius 2 is 1.14 bits per heavy atom. The molecule has 0 aromatic carbocycles. The minimum Gasteiger partial charge on any atom is -0.299 e. The van der Waals surface area contributed by atoms with E-state index in [0.29, 0.717) is 45.7 Å². The summed E-state index contributed by atoms with van der Waals surface area (Å²) in [5.74, 6) is 0. The first-order valence-corrected chi connectivity index (χ1v) is 7.61. The minimum absolute atomic E-state index is 0.583. The van der Waals surface area contributed by atoms with Crippen molar-refractivity contribution in [1.29, 1.82) is 0 Å². The van der Waals surface area contributed by atoms with E-state index in [4.69, 9.17) is 0 Å². The van der Waals surface area contributed by atoms with Crippen LogP contribution in [-0.4, -0.2) is 91.7 Å². The normalized spacial score (nSPS) is 24.7. The van der Waals surface area contributed by atoms with Gasteiger partial charge in [-0.2, -0.15) is 0 Å². The van der Waals surface area contributed by atoms with Crippen molar-refractivity contribution >= 4 is 32.6 Å². The second-order valence-electron chi connectivity index (χ2n) is 4.16. The second-order valence-corrected chi connectivity index (χ2v) is 6.67. The lowest BCUT2D eigenvalue weighted by molar-refractivity contribution is 0.111. The van der Waals surface area contributed by atoms with E-state index in [9.17, 15) is 8.78 Å². The number of hydrogen-bond acceptors (Lipinski definition) is 2. The van der Waals surface area contributed by atoms with Gasteiger partial charge in [-0.25, -0.2) is 0 Å². The van der Waals surface area contributed by atoms with Gasteiger partial charge in [-0.3, -0.25) is 18.6 Å². The molecule has 1 fully saturated rings. The standard InChI is InChI=1S/C8H14F2N2.2Al.4H/c9-1-3-11-5-7-12(4-2-10)8-6-11;;;;;;/h1-2H,3-8H2;;;;;;. The van der Waals surface area contributed by atoms with Crippen LogP contribution in [0.15, 0.2) is 0 Å². The molecule has 1 aliphatic heterocycles. The summed E-state index contributed by atoms with van der Waals surface area (Å²) in [7, 11) is 0. The number of piperazine rings is 1. The van der Waals surface area contributed by atoms with Crippen LogP contribution in [0.1, 0.15) is 0 Å². The summed E-state index contributed by atoms with van der Waals surface area (Å²) in [6.45, 7) is 4.77. The SMILES string of the molecule is F[CH]([AlH2])CN1CCN(C[CH](F)[AlH2])CC1. The van der Waals surface area contributed by atoms with Crippen LogP contribution in [0.2, 0.25) is 0 Å². The van der Waals surface area contributed by atoms with Crippen LogP contribution in [0.3, 0.4) is 0 Å². The predicted molar refractivity (Wildman–Crippen MR) is 59.8 cm³/mol. The van der Waals surface area contributed by atoms with Gasteiger partial charge in [0.05, 0.1) is 0 Å². The third kappa shape index (κ3) is 5.07. The third-order valence-electron chi connectivity index (χ3n) is 2.48. The van der Waals surface area contributed by atoms with Crippen LogP contribution < -0.4 is 0 Å². The van der Waals surface area contributed by atoms with Crippen LogP contribution in [-0.2, 0) is 0 Å². The highest BCUT2D eigenvalue weighted by Crippen LogP contribution is 2.04. The summed E-state index contributed by atoms with van der Waals surface area (Å²) in [4.78, 5) is 4.29. The van der Waals surface area contributed by atoms with Crippen molar-refractivity contribution in [2.75, 3.05) is 39.3 Å². The van der Waals surface area contributed by atoms with E-state index in [1.54, 1.807) is 0 Å². The molecular formula is C8H18Al2F2N2. The molecule has 14 heavy (non-hydrogen) atoms. The highest BCUT2D eigenvalue weighted by molar-refractivity contribution is 6.11. The first kappa shape index (κ1) is 12.9. The van der Waals surface area contributed by atoms with Gasteiger partial charge >= 0.3 is 0 Å². The third-order valence-corrected chi connectivity index (χ3v) is 3.21. The Labute approximate surface area is 100 Å². The van der Waals surface area contributed by atoms with Crippen LogP contribution in [0.25, 0.3) is 0 Å². The minimum atomic E-state index is -0.617. The van der Waals surface area contributed by atoms with Crippen molar-refractivity contribution in [3.63, 3.8) is 0 Å². The highest BCUT2D eigenvalue weighted by atomic mass is 27.1. The van der Waals surface area contributed by atoms with Crippen LogP contribution >= 0.6 is 0 Å². The maximum atomic E-state index is 12.7. The van der Waals surface area contributed by atoms with Crippen molar-refractivity contribution in [1.82, 2.24) is 9.80 Å². The van der Waals surface area contributed by atoms with Crippen LogP contribution in [0.5, 0.6) is 0 Å². The zero-order valence-electron chi connectivity index (χ0n) is 9.05. The lowest BCUT2D eigenvalue weighted by Gasteiger charge is -2.35. The first-order valence-electron chi connectivity index (χ1n) is 5.30. The van der Waals surface area contributed by atoms with Gasteiger partial charge in [0.2, 0.25) is 0 Å². The first-order chi connectivity index (χ1) is 6.58. The molecule has 80 valence electrons. The Kier molecular flexibility index (Phi) is 5.93. The van der Waals surface area contributed by atoms with E-state index in [1.165, 1.54) is 0 Å². The van der Waals surface area contributed by atoms with Crippen molar-refractivity contribution in [3.05, 3.63) is 0 Å². The van der Waals surface area contributed by atoms with E-state index in [2.05, 4.69) is 9.80 Å². The zero-order chi connectivity index (χ0) is 10.6. The molecule has 0 aromatic heterocycles. The summed E-state index contributed by atoms with van der Waals surface area (Å²) in [5.41, 5.74) is 0. The van der Waals surface area contributed by atoms with E-state index >= 15 is 0 Å². The molecule has 1 rings (SSSR count). The molecule has 1 saturated heterocycles. The van der Waals surface area contributed by atoms with E-state index in [0.717, 1.165) is 26.2 Å². The molecule has 2 atom stereocenters.